The quantitative estimate of drug-likeness (QED) is 0.764. The molecule has 30 heavy (non-hydrogen) atoms. The number of halogens is 1. The smallest absolute Gasteiger partial charge is 0.274 e. The van der Waals surface area contributed by atoms with Gasteiger partial charge in [-0.2, -0.15) is 5.10 Å². The molecule has 4 heterocycles. The third-order valence-electron chi connectivity index (χ3n) is 5.98. The van der Waals surface area contributed by atoms with Crippen molar-refractivity contribution in [1.82, 2.24) is 19.6 Å². The number of aromatic nitrogens is 2. The lowest BCUT2D eigenvalue weighted by atomic mass is 10.0. The number of fused-ring (bicyclic) bond motifs is 1. The molecule has 0 atom stereocenters. The topological polar surface area (TPSA) is 76.9 Å². The highest BCUT2D eigenvalue weighted by molar-refractivity contribution is 5.98. The maximum atomic E-state index is 13.4. The summed E-state index contributed by atoms with van der Waals surface area (Å²) in [5, 5.41) is 4.38. The summed E-state index contributed by atoms with van der Waals surface area (Å²) >= 11 is 0. The van der Waals surface area contributed by atoms with Crippen molar-refractivity contribution in [3.05, 3.63) is 53.1 Å². The van der Waals surface area contributed by atoms with Gasteiger partial charge < -0.3 is 19.3 Å². The second-order valence-corrected chi connectivity index (χ2v) is 7.89. The summed E-state index contributed by atoms with van der Waals surface area (Å²) in [5.74, 6) is -1.26. The lowest BCUT2D eigenvalue weighted by molar-refractivity contribution is -0.181. The molecule has 3 aliphatic rings. The zero-order valence-electron chi connectivity index (χ0n) is 16.6. The summed E-state index contributed by atoms with van der Waals surface area (Å²) in [6.45, 7) is 3.51. The molecule has 2 fully saturated rings. The number of rotatable bonds is 3. The van der Waals surface area contributed by atoms with Crippen molar-refractivity contribution in [2.75, 3.05) is 32.8 Å². The van der Waals surface area contributed by atoms with Crippen LogP contribution in [0.5, 0.6) is 0 Å². The van der Waals surface area contributed by atoms with E-state index in [2.05, 4.69) is 5.10 Å². The van der Waals surface area contributed by atoms with Crippen LogP contribution in [0.2, 0.25) is 0 Å². The standard InChI is InChI=1S/C21H23FN4O4/c22-16-3-1-2-15(12-16)14-25-8-9-26-18(20(25)28)13-17(23-26)19(27)24-6-4-21(5-7-24)29-10-11-30-21/h1-3,12-13H,4-11,14H2. The van der Waals surface area contributed by atoms with Crippen LogP contribution in [0, 0.1) is 5.82 Å². The van der Waals surface area contributed by atoms with E-state index in [1.54, 1.807) is 32.7 Å². The van der Waals surface area contributed by atoms with Crippen molar-refractivity contribution >= 4 is 11.8 Å². The van der Waals surface area contributed by atoms with Crippen LogP contribution in [-0.2, 0) is 22.6 Å². The molecule has 158 valence electrons. The maximum absolute atomic E-state index is 13.4. The number of hydrogen-bond acceptors (Lipinski definition) is 5. The lowest BCUT2D eigenvalue weighted by Gasteiger charge is -2.37. The Morgan fingerprint density at radius 3 is 2.60 bits per heavy atom. The van der Waals surface area contributed by atoms with Gasteiger partial charge in [0.05, 0.1) is 19.8 Å². The average Bonchev–Trinajstić information content (AvgIpc) is 3.38. The van der Waals surface area contributed by atoms with E-state index in [1.807, 2.05) is 0 Å². The van der Waals surface area contributed by atoms with Gasteiger partial charge >= 0.3 is 0 Å². The van der Waals surface area contributed by atoms with Gasteiger partial charge in [0.15, 0.2) is 11.5 Å². The Morgan fingerprint density at radius 1 is 1.10 bits per heavy atom. The molecule has 0 aliphatic carbocycles. The van der Waals surface area contributed by atoms with E-state index >= 15 is 0 Å². The van der Waals surface area contributed by atoms with E-state index in [4.69, 9.17) is 9.47 Å². The zero-order valence-corrected chi connectivity index (χ0v) is 16.6. The summed E-state index contributed by atoms with van der Waals surface area (Å²) in [6.07, 6.45) is 1.26. The molecule has 8 nitrogen and oxygen atoms in total. The second kappa shape index (κ2) is 7.48. The van der Waals surface area contributed by atoms with Gasteiger partial charge in [0.25, 0.3) is 11.8 Å². The van der Waals surface area contributed by atoms with Gasteiger partial charge in [0, 0.05) is 45.1 Å². The van der Waals surface area contributed by atoms with Gasteiger partial charge in [-0.25, -0.2) is 4.39 Å². The summed E-state index contributed by atoms with van der Waals surface area (Å²) in [7, 11) is 0. The molecule has 1 aromatic heterocycles. The molecular formula is C21H23FN4O4. The Kier molecular flexibility index (Phi) is 4.79. The van der Waals surface area contributed by atoms with Crippen LogP contribution in [0.4, 0.5) is 4.39 Å². The van der Waals surface area contributed by atoms with Gasteiger partial charge in [-0.05, 0) is 17.7 Å². The zero-order chi connectivity index (χ0) is 20.7. The summed E-state index contributed by atoms with van der Waals surface area (Å²) in [6, 6.07) is 7.79. The highest BCUT2D eigenvalue weighted by Crippen LogP contribution is 2.31. The summed E-state index contributed by atoms with van der Waals surface area (Å²) in [5.41, 5.74) is 1.39. The number of hydrogen-bond donors (Lipinski definition) is 0. The first-order valence-electron chi connectivity index (χ1n) is 10.2. The maximum Gasteiger partial charge on any atom is 0.274 e. The van der Waals surface area contributed by atoms with Crippen molar-refractivity contribution in [1.29, 1.82) is 0 Å². The van der Waals surface area contributed by atoms with Crippen molar-refractivity contribution < 1.29 is 23.5 Å². The van der Waals surface area contributed by atoms with Crippen LogP contribution >= 0.6 is 0 Å². The fourth-order valence-corrected chi connectivity index (χ4v) is 4.35. The minimum absolute atomic E-state index is 0.186. The van der Waals surface area contributed by atoms with E-state index in [-0.39, 0.29) is 23.3 Å². The minimum atomic E-state index is -0.544. The molecule has 3 aliphatic heterocycles. The lowest BCUT2D eigenvalue weighted by Crippen LogP contribution is -2.47. The molecule has 1 aromatic carbocycles. The first-order valence-corrected chi connectivity index (χ1v) is 10.2. The third-order valence-corrected chi connectivity index (χ3v) is 5.98. The number of piperidine rings is 1. The first kappa shape index (κ1) is 19.2. The van der Waals surface area contributed by atoms with Gasteiger partial charge in [0.1, 0.15) is 11.5 Å². The first-order chi connectivity index (χ1) is 14.5. The largest absolute Gasteiger partial charge is 0.347 e. The molecule has 5 rings (SSSR count). The molecule has 1 spiro atoms. The van der Waals surface area contributed by atoms with Crippen LogP contribution < -0.4 is 0 Å². The monoisotopic (exact) mass is 414 g/mol. The molecule has 9 heteroatoms. The predicted octanol–water partition coefficient (Wildman–Crippen LogP) is 1.66. The number of carbonyl (C=O) groups excluding carboxylic acids is 2. The molecule has 0 N–H and O–H groups in total. The highest BCUT2D eigenvalue weighted by Gasteiger charge is 2.41. The molecule has 2 saturated heterocycles. The van der Waals surface area contributed by atoms with Gasteiger partial charge in [-0.1, -0.05) is 12.1 Å². The molecule has 0 bridgehead atoms. The Balaban J connectivity index is 1.27. The Hall–Kier alpha value is -2.78. The summed E-state index contributed by atoms with van der Waals surface area (Å²) in [4.78, 5) is 29.2. The predicted molar refractivity (Wildman–Crippen MR) is 103 cm³/mol. The molecule has 0 saturated carbocycles. The number of ether oxygens (including phenoxy) is 2. The van der Waals surface area contributed by atoms with Crippen LogP contribution in [0.25, 0.3) is 0 Å². The van der Waals surface area contributed by atoms with E-state index in [1.165, 1.54) is 12.1 Å². The molecular weight excluding hydrogens is 391 g/mol. The third kappa shape index (κ3) is 3.48. The van der Waals surface area contributed by atoms with Crippen LogP contribution in [0.1, 0.15) is 39.4 Å². The average molecular weight is 414 g/mol. The molecule has 2 amide bonds. The van der Waals surface area contributed by atoms with Gasteiger partial charge in [-0.3, -0.25) is 14.3 Å². The molecule has 0 unspecified atom stereocenters. The number of benzene rings is 1. The van der Waals surface area contributed by atoms with Crippen molar-refractivity contribution in [3.8, 4) is 0 Å². The van der Waals surface area contributed by atoms with Gasteiger partial charge in [0.2, 0.25) is 0 Å². The SMILES string of the molecule is O=C(c1cc2n(n1)CCN(Cc1cccc(F)c1)C2=O)N1CCC2(CC1)OCCO2. The van der Waals surface area contributed by atoms with Gasteiger partial charge in [-0.15, -0.1) is 0 Å². The van der Waals surface area contributed by atoms with E-state index in [9.17, 15) is 14.0 Å². The minimum Gasteiger partial charge on any atom is -0.347 e. The van der Waals surface area contributed by atoms with Crippen molar-refractivity contribution in [3.63, 3.8) is 0 Å². The fourth-order valence-electron chi connectivity index (χ4n) is 4.35. The normalized spacial score (nSPS) is 20.6. The van der Waals surface area contributed by atoms with Crippen LogP contribution in [-0.4, -0.2) is 70.0 Å². The van der Waals surface area contributed by atoms with E-state index in [0.29, 0.717) is 64.5 Å². The number of nitrogens with zero attached hydrogens (tertiary/aromatic N) is 4. The van der Waals surface area contributed by atoms with E-state index in [0.717, 1.165) is 5.56 Å². The highest BCUT2D eigenvalue weighted by atomic mass is 19.1. The molecule has 2 aromatic rings. The number of amides is 2. The fraction of sp³-hybridized carbons (Fsp3) is 0.476. The van der Waals surface area contributed by atoms with E-state index < -0.39 is 5.79 Å². The Morgan fingerprint density at radius 2 is 1.87 bits per heavy atom. The Bertz CT molecular complexity index is 975. The van der Waals surface area contributed by atoms with Crippen molar-refractivity contribution in [2.24, 2.45) is 0 Å². The van der Waals surface area contributed by atoms with Crippen LogP contribution in [0.3, 0.4) is 0 Å². The van der Waals surface area contributed by atoms with Crippen molar-refractivity contribution in [2.45, 2.75) is 31.7 Å². The Labute approximate surface area is 173 Å². The number of likely N-dealkylation sites (tertiary alicyclic amines) is 1. The molecule has 0 radical (unpaired) electrons. The second-order valence-electron chi connectivity index (χ2n) is 7.89. The van der Waals surface area contributed by atoms with Crippen LogP contribution in [0.15, 0.2) is 30.3 Å². The summed E-state index contributed by atoms with van der Waals surface area (Å²) < 4.78 is 26.5. The number of carbonyl (C=O) groups is 2.